The van der Waals surface area contributed by atoms with Gasteiger partial charge in [0.15, 0.2) is 0 Å². The monoisotopic (exact) mass is 343 g/mol. The zero-order chi connectivity index (χ0) is 16.0. The summed E-state index contributed by atoms with van der Waals surface area (Å²) in [4.78, 5) is 12.9. The second-order valence-electron chi connectivity index (χ2n) is 5.10. The second kappa shape index (κ2) is 5.29. The first-order valence-corrected chi connectivity index (χ1v) is 7.91. The van der Waals surface area contributed by atoms with Crippen molar-refractivity contribution in [3.8, 4) is 0 Å². The highest BCUT2D eigenvalue weighted by Gasteiger charge is 2.25. The van der Waals surface area contributed by atoms with Crippen LogP contribution >= 0.6 is 23.1 Å². The van der Waals surface area contributed by atoms with Crippen LogP contribution in [0, 0.1) is 0 Å². The molecule has 1 aliphatic heterocycles. The lowest BCUT2D eigenvalue weighted by Crippen LogP contribution is -2.13. The molecule has 0 spiro atoms. The number of hydrogen-bond donors (Lipinski definition) is 1. The van der Waals surface area contributed by atoms with E-state index in [4.69, 9.17) is 11.6 Å². The molecule has 3 heterocycles. The van der Waals surface area contributed by atoms with Gasteiger partial charge in [-0.2, -0.15) is 5.10 Å². The Morgan fingerprint density at radius 1 is 1.39 bits per heavy atom. The van der Waals surface area contributed by atoms with Crippen molar-refractivity contribution in [1.29, 1.82) is 0 Å². The van der Waals surface area contributed by atoms with Gasteiger partial charge in [-0.05, 0) is 35.8 Å². The minimum Gasteiger partial charge on any atom is -0.350 e. The molecule has 0 aliphatic carbocycles. The molecule has 0 radical (unpaired) electrons. The van der Waals surface area contributed by atoms with E-state index < -0.39 is 0 Å². The van der Waals surface area contributed by atoms with Crippen LogP contribution in [0.3, 0.4) is 0 Å². The van der Waals surface area contributed by atoms with E-state index in [9.17, 15) is 4.79 Å². The number of carbonyl (C=O) groups excluding carboxylic acids is 1. The van der Waals surface area contributed by atoms with Crippen LogP contribution in [0.5, 0.6) is 0 Å². The standard InChI is InChI=1S/C15H10ClN5OS/c1-21-7-8(10-5-9(16)2-3-12(10)21)4-11-14(18-19-15(11)22)13-6-17-20-23-13/h2-7H,1H3,(H,19,22)/b11-4-. The minimum absolute atomic E-state index is 0.243. The number of fused-ring (bicyclic) bond motifs is 1. The van der Waals surface area contributed by atoms with Crippen molar-refractivity contribution in [3.05, 3.63) is 51.6 Å². The summed E-state index contributed by atoms with van der Waals surface area (Å²) in [5.41, 5.74) is 5.49. The molecule has 4 rings (SSSR count). The molecule has 1 N–H and O–H groups in total. The maximum Gasteiger partial charge on any atom is 0.273 e. The number of benzene rings is 1. The molecule has 1 amide bonds. The Balaban J connectivity index is 1.88. The molecule has 1 aliphatic rings. The van der Waals surface area contributed by atoms with Crippen molar-refractivity contribution in [1.82, 2.24) is 19.6 Å². The summed E-state index contributed by atoms with van der Waals surface area (Å²) >= 11 is 7.30. The number of nitrogens with zero attached hydrogens (tertiary/aromatic N) is 4. The van der Waals surface area contributed by atoms with Crippen molar-refractivity contribution in [3.63, 3.8) is 0 Å². The predicted octanol–water partition coefficient (Wildman–Crippen LogP) is 2.60. The van der Waals surface area contributed by atoms with E-state index >= 15 is 0 Å². The molecule has 0 saturated heterocycles. The molecule has 3 aromatic rings. The van der Waals surface area contributed by atoms with Crippen LogP contribution in [0.1, 0.15) is 10.4 Å². The number of hydrogen-bond acceptors (Lipinski definition) is 5. The first kappa shape index (κ1) is 14.1. The lowest BCUT2D eigenvalue weighted by molar-refractivity contribution is -0.116. The minimum atomic E-state index is -0.243. The molecule has 1 aromatic carbocycles. The second-order valence-corrected chi connectivity index (χ2v) is 6.32. The third-order valence-corrected chi connectivity index (χ3v) is 4.55. The maximum atomic E-state index is 12.1. The molecule has 23 heavy (non-hydrogen) atoms. The number of halogens is 1. The van der Waals surface area contributed by atoms with E-state index in [2.05, 4.69) is 20.1 Å². The van der Waals surface area contributed by atoms with Gasteiger partial charge in [-0.1, -0.05) is 16.1 Å². The van der Waals surface area contributed by atoms with Gasteiger partial charge in [-0.15, -0.1) is 5.10 Å². The summed E-state index contributed by atoms with van der Waals surface area (Å²) in [5.74, 6) is -0.243. The van der Waals surface area contributed by atoms with Gasteiger partial charge in [0, 0.05) is 34.7 Å². The fraction of sp³-hybridized carbons (Fsp3) is 0.0667. The topological polar surface area (TPSA) is 72.2 Å². The Bertz CT molecular complexity index is 987. The molecule has 114 valence electrons. The summed E-state index contributed by atoms with van der Waals surface area (Å²) in [6.45, 7) is 0. The van der Waals surface area contributed by atoms with Crippen molar-refractivity contribution >= 4 is 51.7 Å². The van der Waals surface area contributed by atoms with Crippen molar-refractivity contribution in [2.75, 3.05) is 0 Å². The lowest BCUT2D eigenvalue weighted by Gasteiger charge is -1.98. The van der Waals surface area contributed by atoms with Crippen LogP contribution in [-0.2, 0) is 11.8 Å². The smallest absolute Gasteiger partial charge is 0.273 e. The first-order chi connectivity index (χ1) is 11.1. The SMILES string of the molecule is Cn1cc(/C=C2\C(=O)NN=C2c2cnns2)c2cc(Cl)ccc21. The highest BCUT2D eigenvalue weighted by molar-refractivity contribution is 7.08. The predicted molar refractivity (Wildman–Crippen MR) is 90.5 cm³/mol. The molecule has 6 nitrogen and oxygen atoms in total. The van der Waals surface area contributed by atoms with Crippen LogP contribution in [0.2, 0.25) is 5.02 Å². The Labute approximate surface area is 140 Å². The van der Waals surface area contributed by atoms with Gasteiger partial charge in [-0.3, -0.25) is 4.79 Å². The molecule has 0 fully saturated rings. The number of hydrazone groups is 1. The Morgan fingerprint density at radius 3 is 3.04 bits per heavy atom. The third-order valence-electron chi connectivity index (χ3n) is 3.65. The first-order valence-electron chi connectivity index (χ1n) is 6.76. The highest BCUT2D eigenvalue weighted by Crippen LogP contribution is 2.27. The molecular formula is C15H10ClN5OS. The fourth-order valence-corrected chi connectivity index (χ4v) is 3.28. The quantitative estimate of drug-likeness (QED) is 0.727. The maximum absolute atomic E-state index is 12.1. The Hall–Kier alpha value is -2.51. The van der Waals surface area contributed by atoms with Crippen LogP contribution in [0.15, 0.2) is 41.3 Å². The van der Waals surface area contributed by atoms with E-state index in [0.717, 1.165) is 21.3 Å². The Morgan fingerprint density at radius 2 is 2.26 bits per heavy atom. The fourth-order valence-electron chi connectivity index (χ4n) is 2.59. The molecule has 8 heteroatoms. The number of aryl methyl sites for hydroxylation is 1. The molecular weight excluding hydrogens is 334 g/mol. The van der Waals surface area contributed by atoms with Crippen molar-refractivity contribution in [2.24, 2.45) is 12.1 Å². The number of amides is 1. The van der Waals surface area contributed by atoms with Crippen LogP contribution in [0.4, 0.5) is 0 Å². The van der Waals surface area contributed by atoms with E-state index in [1.165, 1.54) is 11.5 Å². The van der Waals surface area contributed by atoms with Crippen LogP contribution in [-0.4, -0.2) is 25.8 Å². The van der Waals surface area contributed by atoms with Crippen molar-refractivity contribution < 1.29 is 4.79 Å². The molecule has 0 bridgehead atoms. The van der Waals surface area contributed by atoms with Gasteiger partial charge in [0.05, 0.1) is 16.6 Å². The average Bonchev–Trinajstić information content (AvgIpc) is 3.22. The van der Waals surface area contributed by atoms with Crippen LogP contribution in [0.25, 0.3) is 17.0 Å². The molecule has 0 saturated carbocycles. The van der Waals surface area contributed by atoms with E-state index in [1.54, 1.807) is 6.20 Å². The van der Waals surface area contributed by atoms with Crippen molar-refractivity contribution in [2.45, 2.75) is 0 Å². The van der Waals surface area contributed by atoms with E-state index in [0.29, 0.717) is 16.3 Å². The number of aromatic nitrogens is 3. The number of nitrogens with one attached hydrogen (secondary N) is 1. The van der Waals surface area contributed by atoms with Gasteiger partial charge >= 0.3 is 0 Å². The van der Waals surface area contributed by atoms with Gasteiger partial charge in [0.2, 0.25) is 0 Å². The summed E-state index contributed by atoms with van der Waals surface area (Å²) in [6, 6.07) is 5.69. The van der Waals surface area contributed by atoms with E-state index in [-0.39, 0.29) is 5.91 Å². The third kappa shape index (κ3) is 2.34. The Kier molecular flexibility index (Phi) is 3.24. The van der Waals surface area contributed by atoms with Gasteiger partial charge in [0.25, 0.3) is 5.91 Å². The summed E-state index contributed by atoms with van der Waals surface area (Å²) in [6.07, 6.45) is 5.37. The zero-order valence-corrected chi connectivity index (χ0v) is 13.5. The summed E-state index contributed by atoms with van der Waals surface area (Å²) in [7, 11) is 1.95. The molecule has 0 atom stereocenters. The lowest BCUT2D eigenvalue weighted by atomic mass is 10.1. The molecule has 2 aromatic heterocycles. The van der Waals surface area contributed by atoms with E-state index in [1.807, 2.05) is 42.1 Å². The largest absolute Gasteiger partial charge is 0.350 e. The normalized spacial score (nSPS) is 16.2. The number of carbonyl (C=O) groups is 1. The molecule has 0 unspecified atom stereocenters. The van der Waals surface area contributed by atoms with Gasteiger partial charge in [0.1, 0.15) is 5.71 Å². The van der Waals surface area contributed by atoms with Crippen LogP contribution < -0.4 is 5.43 Å². The van der Waals surface area contributed by atoms with Gasteiger partial charge < -0.3 is 4.57 Å². The summed E-state index contributed by atoms with van der Waals surface area (Å²) in [5, 5.41) is 9.52. The summed E-state index contributed by atoms with van der Waals surface area (Å²) < 4.78 is 5.82. The zero-order valence-electron chi connectivity index (χ0n) is 11.9. The van der Waals surface area contributed by atoms with Gasteiger partial charge in [-0.25, -0.2) is 5.43 Å². The average molecular weight is 344 g/mol. The number of rotatable bonds is 2. The highest BCUT2D eigenvalue weighted by atomic mass is 35.5.